The second kappa shape index (κ2) is 5.74. The van der Waals surface area contributed by atoms with Gasteiger partial charge < -0.3 is 15.2 Å². The zero-order valence-electron chi connectivity index (χ0n) is 10.1. The molecule has 1 aromatic carbocycles. The van der Waals surface area contributed by atoms with Gasteiger partial charge in [0.15, 0.2) is 0 Å². The Morgan fingerprint density at radius 1 is 1.35 bits per heavy atom. The molecule has 1 rings (SSSR count). The van der Waals surface area contributed by atoms with Crippen LogP contribution in [0.25, 0.3) is 0 Å². The second-order valence-electron chi connectivity index (χ2n) is 3.29. The fraction of sp³-hybridized carbons (Fsp3) is 0.273. The molecule has 0 saturated carbocycles. The lowest BCUT2D eigenvalue weighted by molar-refractivity contribution is 0.402. The van der Waals surface area contributed by atoms with E-state index in [0.717, 1.165) is 5.56 Å². The summed E-state index contributed by atoms with van der Waals surface area (Å²) >= 11 is 0. The van der Waals surface area contributed by atoms with E-state index in [1.165, 1.54) is 0 Å². The number of nitrogens with zero attached hydrogens (tertiary/aromatic N) is 1. The minimum absolute atomic E-state index is 0.216. The molecule has 17 heavy (non-hydrogen) atoms. The van der Waals surface area contributed by atoms with Crippen LogP contribution in [0.1, 0.15) is 12.5 Å². The van der Waals surface area contributed by atoms with Gasteiger partial charge in [0, 0.05) is 5.56 Å². The molecule has 0 aliphatic heterocycles. The van der Waals surface area contributed by atoms with Gasteiger partial charge >= 0.3 is 0 Å². The molecular formula is C11H16N4O2. The first kappa shape index (κ1) is 12.8. The van der Waals surface area contributed by atoms with Crippen molar-refractivity contribution < 1.29 is 9.47 Å². The first-order valence-corrected chi connectivity index (χ1v) is 4.95. The molecule has 92 valence electrons. The van der Waals surface area contributed by atoms with Crippen LogP contribution in [0.5, 0.6) is 11.5 Å². The third-order valence-electron chi connectivity index (χ3n) is 2.14. The van der Waals surface area contributed by atoms with Crippen molar-refractivity contribution in [2.75, 3.05) is 14.2 Å². The van der Waals surface area contributed by atoms with Gasteiger partial charge in [-0.25, -0.2) is 5.43 Å². The average molecular weight is 236 g/mol. The Hall–Kier alpha value is -2.24. The van der Waals surface area contributed by atoms with Gasteiger partial charge in [-0.05, 0) is 25.1 Å². The number of guanidine groups is 1. The van der Waals surface area contributed by atoms with Gasteiger partial charge in [-0.2, -0.15) is 5.10 Å². The topological polar surface area (TPSA) is 92.7 Å². The largest absolute Gasteiger partial charge is 0.497 e. The zero-order chi connectivity index (χ0) is 12.8. The van der Waals surface area contributed by atoms with Crippen LogP contribution in [0.4, 0.5) is 0 Å². The van der Waals surface area contributed by atoms with E-state index in [1.807, 2.05) is 0 Å². The maximum Gasteiger partial charge on any atom is 0.206 e. The third kappa shape index (κ3) is 3.37. The summed E-state index contributed by atoms with van der Waals surface area (Å²) in [6.45, 7) is 1.78. The van der Waals surface area contributed by atoms with Crippen LogP contribution in [0, 0.1) is 5.41 Å². The van der Waals surface area contributed by atoms with Gasteiger partial charge in [0.2, 0.25) is 5.96 Å². The summed E-state index contributed by atoms with van der Waals surface area (Å²) in [7, 11) is 3.17. The van der Waals surface area contributed by atoms with Crippen LogP contribution in [-0.2, 0) is 0 Å². The number of hydrazone groups is 1. The number of benzene rings is 1. The van der Waals surface area contributed by atoms with E-state index in [-0.39, 0.29) is 5.96 Å². The molecule has 4 N–H and O–H groups in total. The van der Waals surface area contributed by atoms with Crippen molar-refractivity contribution in [3.05, 3.63) is 23.8 Å². The Balaban J connectivity index is 3.08. The molecule has 1 aromatic rings. The van der Waals surface area contributed by atoms with Crippen molar-refractivity contribution in [1.29, 1.82) is 5.41 Å². The highest BCUT2D eigenvalue weighted by atomic mass is 16.5. The molecule has 0 atom stereocenters. The lowest BCUT2D eigenvalue weighted by Gasteiger charge is -2.10. The Bertz CT molecular complexity index is 443. The maximum absolute atomic E-state index is 7.03. The van der Waals surface area contributed by atoms with Crippen LogP contribution in [-0.4, -0.2) is 25.9 Å². The molecule has 0 saturated heterocycles. The van der Waals surface area contributed by atoms with Gasteiger partial charge in [-0.3, -0.25) is 5.41 Å². The minimum atomic E-state index is -0.216. The number of hydrogen-bond donors (Lipinski definition) is 3. The van der Waals surface area contributed by atoms with E-state index in [4.69, 9.17) is 20.6 Å². The number of rotatable bonds is 4. The Morgan fingerprint density at radius 2 is 2.06 bits per heavy atom. The van der Waals surface area contributed by atoms with Crippen molar-refractivity contribution in [3.8, 4) is 11.5 Å². The Labute approximate surface area is 99.9 Å². The van der Waals surface area contributed by atoms with E-state index in [0.29, 0.717) is 17.2 Å². The van der Waals surface area contributed by atoms with Crippen LogP contribution < -0.4 is 20.6 Å². The molecule has 0 aliphatic rings. The summed E-state index contributed by atoms with van der Waals surface area (Å²) in [6.07, 6.45) is 0. The third-order valence-corrected chi connectivity index (χ3v) is 2.14. The normalized spacial score (nSPS) is 10.9. The highest BCUT2D eigenvalue weighted by molar-refractivity contribution is 6.01. The van der Waals surface area contributed by atoms with Crippen molar-refractivity contribution in [2.45, 2.75) is 6.92 Å². The smallest absolute Gasteiger partial charge is 0.206 e. The zero-order valence-corrected chi connectivity index (χ0v) is 10.1. The van der Waals surface area contributed by atoms with E-state index < -0.39 is 0 Å². The molecule has 0 bridgehead atoms. The summed E-state index contributed by atoms with van der Waals surface area (Å²) in [4.78, 5) is 0. The van der Waals surface area contributed by atoms with Gasteiger partial charge in [0.05, 0.1) is 19.9 Å². The summed E-state index contributed by atoms with van der Waals surface area (Å²) in [5, 5.41) is 11.0. The molecule has 0 heterocycles. The Morgan fingerprint density at radius 3 is 2.59 bits per heavy atom. The van der Waals surface area contributed by atoms with E-state index in [9.17, 15) is 0 Å². The quantitative estimate of drug-likeness (QED) is 0.411. The van der Waals surface area contributed by atoms with E-state index >= 15 is 0 Å². The molecule has 0 aliphatic carbocycles. The summed E-state index contributed by atoms with van der Waals surface area (Å²) in [6, 6.07) is 5.40. The first-order chi connectivity index (χ1) is 8.08. The summed E-state index contributed by atoms with van der Waals surface area (Å²) in [5.41, 5.74) is 8.97. The number of ether oxygens (including phenoxy) is 2. The lowest BCUT2D eigenvalue weighted by atomic mass is 10.1. The molecule has 6 heteroatoms. The standard InChI is InChI=1S/C11H16N4O2/c1-7(14-15-11(12)13)9-6-8(16-2)4-5-10(9)17-3/h4-6H,1-3H3,(H4,12,13,15)/b14-7+. The van der Waals surface area contributed by atoms with Gasteiger partial charge in [0.1, 0.15) is 11.5 Å². The summed E-state index contributed by atoms with van der Waals surface area (Å²) < 4.78 is 10.4. The minimum Gasteiger partial charge on any atom is -0.497 e. The second-order valence-corrected chi connectivity index (χ2v) is 3.29. The van der Waals surface area contributed by atoms with Crippen molar-refractivity contribution in [1.82, 2.24) is 5.43 Å². The number of methoxy groups -OCH3 is 2. The highest BCUT2D eigenvalue weighted by Crippen LogP contribution is 2.24. The van der Waals surface area contributed by atoms with Crippen LogP contribution in [0.2, 0.25) is 0 Å². The molecule has 0 aromatic heterocycles. The van der Waals surface area contributed by atoms with Crippen LogP contribution >= 0.6 is 0 Å². The molecule has 0 radical (unpaired) electrons. The van der Waals surface area contributed by atoms with Crippen LogP contribution in [0.3, 0.4) is 0 Å². The molecule has 0 amide bonds. The SMILES string of the molecule is COc1ccc(OC)c(/C(C)=N/NC(=N)N)c1. The molecule has 0 fully saturated rings. The number of nitrogens with two attached hydrogens (primary N) is 1. The van der Waals surface area contributed by atoms with Gasteiger partial charge in [-0.1, -0.05) is 0 Å². The van der Waals surface area contributed by atoms with Gasteiger partial charge in [-0.15, -0.1) is 0 Å². The predicted molar refractivity (Wildman–Crippen MR) is 66.8 cm³/mol. The molecule has 0 spiro atoms. The Kier molecular flexibility index (Phi) is 4.33. The maximum atomic E-state index is 7.03. The lowest BCUT2D eigenvalue weighted by Crippen LogP contribution is -2.26. The van der Waals surface area contributed by atoms with Crippen LogP contribution in [0.15, 0.2) is 23.3 Å². The van der Waals surface area contributed by atoms with E-state index in [1.54, 1.807) is 39.3 Å². The summed E-state index contributed by atoms with van der Waals surface area (Å²) in [5.74, 6) is 1.17. The predicted octanol–water partition coefficient (Wildman–Crippen LogP) is 0.911. The van der Waals surface area contributed by atoms with Gasteiger partial charge in [0.25, 0.3) is 0 Å². The fourth-order valence-electron chi connectivity index (χ4n) is 1.30. The van der Waals surface area contributed by atoms with Crippen molar-refractivity contribution in [3.63, 3.8) is 0 Å². The first-order valence-electron chi connectivity index (χ1n) is 4.95. The highest BCUT2D eigenvalue weighted by Gasteiger charge is 2.08. The molecular weight excluding hydrogens is 220 g/mol. The fourth-order valence-corrected chi connectivity index (χ4v) is 1.30. The number of nitrogens with one attached hydrogen (secondary N) is 2. The molecule has 0 unspecified atom stereocenters. The van der Waals surface area contributed by atoms with E-state index in [2.05, 4.69) is 10.5 Å². The molecule has 6 nitrogen and oxygen atoms in total. The average Bonchev–Trinajstić information content (AvgIpc) is 2.34. The number of hydrogen-bond acceptors (Lipinski definition) is 4. The monoisotopic (exact) mass is 236 g/mol. The van der Waals surface area contributed by atoms with Crippen molar-refractivity contribution >= 4 is 11.7 Å². The van der Waals surface area contributed by atoms with Crippen molar-refractivity contribution in [2.24, 2.45) is 10.8 Å².